The molecule has 16 heavy (non-hydrogen) atoms. The zero-order valence-corrected chi connectivity index (χ0v) is 11.9. The molecule has 1 fully saturated rings. The first-order chi connectivity index (χ1) is 7.56. The molecule has 1 saturated carbocycles. The van der Waals surface area contributed by atoms with E-state index < -0.39 is 0 Å². The van der Waals surface area contributed by atoms with Crippen molar-refractivity contribution in [2.75, 3.05) is 13.1 Å². The van der Waals surface area contributed by atoms with Gasteiger partial charge < -0.3 is 5.32 Å². The summed E-state index contributed by atoms with van der Waals surface area (Å²) in [6.45, 7) is 14.2. The second kappa shape index (κ2) is 6.64. The fourth-order valence-electron chi connectivity index (χ4n) is 3.31. The van der Waals surface area contributed by atoms with Gasteiger partial charge in [0.15, 0.2) is 0 Å². The largest absolute Gasteiger partial charge is 0.317 e. The highest BCUT2D eigenvalue weighted by atomic mass is 14.8. The molecule has 0 radical (unpaired) electrons. The molecule has 0 amide bonds. The molecule has 96 valence electrons. The van der Waals surface area contributed by atoms with E-state index in [4.69, 9.17) is 0 Å². The van der Waals surface area contributed by atoms with E-state index in [9.17, 15) is 0 Å². The summed E-state index contributed by atoms with van der Waals surface area (Å²) in [6.07, 6.45) is 4.36. The van der Waals surface area contributed by atoms with E-state index in [0.29, 0.717) is 0 Å². The minimum absolute atomic E-state index is 0.852. The first-order valence-electron chi connectivity index (χ1n) is 7.26. The number of rotatable bonds is 5. The van der Waals surface area contributed by atoms with Crippen LogP contribution in [-0.2, 0) is 0 Å². The highest BCUT2D eigenvalue weighted by Crippen LogP contribution is 2.40. The minimum Gasteiger partial charge on any atom is -0.317 e. The quantitative estimate of drug-likeness (QED) is 0.747. The van der Waals surface area contributed by atoms with E-state index >= 15 is 0 Å². The third-order valence-electron chi connectivity index (χ3n) is 4.54. The van der Waals surface area contributed by atoms with Gasteiger partial charge in [0, 0.05) is 0 Å². The van der Waals surface area contributed by atoms with Crippen LogP contribution in [0.25, 0.3) is 0 Å². The van der Waals surface area contributed by atoms with E-state index in [1.807, 2.05) is 0 Å². The van der Waals surface area contributed by atoms with Crippen molar-refractivity contribution in [3.63, 3.8) is 0 Å². The second-order valence-corrected chi connectivity index (χ2v) is 6.29. The molecule has 1 nitrogen and oxygen atoms in total. The van der Waals surface area contributed by atoms with Crippen LogP contribution in [0.1, 0.15) is 53.9 Å². The molecular weight excluding hydrogens is 194 g/mol. The van der Waals surface area contributed by atoms with Crippen molar-refractivity contribution < 1.29 is 0 Å². The molecule has 0 aromatic heterocycles. The van der Waals surface area contributed by atoms with Crippen molar-refractivity contribution in [3.8, 4) is 0 Å². The predicted octanol–water partition coefficient (Wildman–Crippen LogP) is 3.94. The van der Waals surface area contributed by atoms with Gasteiger partial charge in [0.2, 0.25) is 0 Å². The topological polar surface area (TPSA) is 12.0 Å². The van der Waals surface area contributed by atoms with Crippen LogP contribution >= 0.6 is 0 Å². The normalized spacial score (nSPS) is 31.3. The molecule has 1 aliphatic carbocycles. The van der Waals surface area contributed by atoms with Gasteiger partial charge in [-0.25, -0.2) is 0 Å². The molecule has 1 N–H and O–H groups in total. The Morgan fingerprint density at radius 3 is 2.25 bits per heavy atom. The molecule has 0 heterocycles. The monoisotopic (exact) mass is 225 g/mol. The van der Waals surface area contributed by atoms with Crippen molar-refractivity contribution in [1.82, 2.24) is 5.32 Å². The summed E-state index contributed by atoms with van der Waals surface area (Å²) in [5, 5.41) is 3.55. The van der Waals surface area contributed by atoms with Crippen LogP contribution in [0.2, 0.25) is 0 Å². The maximum Gasteiger partial charge on any atom is -0.00179 e. The molecule has 0 aliphatic heterocycles. The highest BCUT2D eigenvalue weighted by Gasteiger charge is 2.32. The average Bonchev–Trinajstić information content (AvgIpc) is 2.25. The molecule has 0 saturated heterocycles. The Bertz CT molecular complexity index is 186. The molecule has 1 aliphatic rings. The lowest BCUT2D eigenvalue weighted by atomic mass is 9.67. The van der Waals surface area contributed by atoms with E-state index in [-0.39, 0.29) is 0 Å². The SMILES string of the molecule is CCNCC1CCC(C(C)C)CC1C(C)C. The summed E-state index contributed by atoms with van der Waals surface area (Å²) in [5.41, 5.74) is 0. The first-order valence-corrected chi connectivity index (χ1v) is 7.26. The van der Waals surface area contributed by atoms with Crippen molar-refractivity contribution >= 4 is 0 Å². The van der Waals surface area contributed by atoms with Crippen LogP contribution in [0, 0.1) is 29.6 Å². The van der Waals surface area contributed by atoms with E-state index in [0.717, 1.165) is 36.1 Å². The lowest BCUT2D eigenvalue weighted by Crippen LogP contribution is -2.36. The van der Waals surface area contributed by atoms with Gasteiger partial charge >= 0.3 is 0 Å². The number of hydrogen-bond donors (Lipinski definition) is 1. The lowest BCUT2D eigenvalue weighted by molar-refractivity contribution is 0.110. The molecule has 0 aromatic carbocycles. The predicted molar refractivity (Wildman–Crippen MR) is 72.5 cm³/mol. The summed E-state index contributed by atoms with van der Waals surface area (Å²) >= 11 is 0. The van der Waals surface area contributed by atoms with Crippen LogP contribution in [0.5, 0.6) is 0 Å². The zero-order valence-electron chi connectivity index (χ0n) is 11.9. The van der Waals surface area contributed by atoms with Gasteiger partial charge in [-0.1, -0.05) is 34.6 Å². The fourth-order valence-corrected chi connectivity index (χ4v) is 3.31. The molecule has 0 spiro atoms. The molecule has 0 aromatic rings. The Morgan fingerprint density at radius 2 is 1.75 bits per heavy atom. The fraction of sp³-hybridized carbons (Fsp3) is 1.00. The van der Waals surface area contributed by atoms with Crippen LogP contribution in [0.3, 0.4) is 0 Å². The maximum absolute atomic E-state index is 3.55. The number of nitrogens with one attached hydrogen (secondary N) is 1. The second-order valence-electron chi connectivity index (χ2n) is 6.29. The average molecular weight is 225 g/mol. The van der Waals surface area contributed by atoms with Crippen molar-refractivity contribution in [2.45, 2.75) is 53.9 Å². The van der Waals surface area contributed by atoms with Gasteiger partial charge in [-0.2, -0.15) is 0 Å². The molecule has 1 rings (SSSR count). The number of hydrogen-bond acceptors (Lipinski definition) is 1. The van der Waals surface area contributed by atoms with Crippen LogP contribution in [0.15, 0.2) is 0 Å². The summed E-state index contributed by atoms with van der Waals surface area (Å²) in [6, 6.07) is 0. The minimum atomic E-state index is 0.852. The standard InChI is InChI=1S/C15H31N/c1-6-16-10-14-8-7-13(11(2)3)9-15(14)12(4)5/h11-16H,6-10H2,1-5H3. The molecule has 3 unspecified atom stereocenters. The van der Waals surface area contributed by atoms with E-state index in [1.54, 1.807) is 0 Å². The van der Waals surface area contributed by atoms with Crippen LogP contribution in [0.4, 0.5) is 0 Å². The van der Waals surface area contributed by atoms with Gasteiger partial charge in [-0.3, -0.25) is 0 Å². The smallest absolute Gasteiger partial charge is 0.00179 e. The summed E-state index contributed by atoms with van der Waals surface area (Å²) in [7, 11) is 0. The van der Waals surface area contributed by atoms with Crippen molar-refractivity contribution in [3.05, 3.63) is 0 Å². The Kier molecular flexibility index (Phi) is 5.82. The zero-order chi connectivity index (χ0) is 12.1. The lowest BCUT2D eigenvalue weighted by Gasteiger charge is -2.40. The third kappa shape index (κ3) is 3.76. The highest BCUT2D eigenvalue weighted by molar-refractivity contribution is 4.84. The van der Waals surface area contributed by atoms with Gasteiger partial charge in [-0.15, -0.1) is 0 Å². The van der Waals surface area contributed by atoms with Gasteiger partial charge in [0.05, 0.1) is 0 Å². The molecule has 3 atom stereocenters. The summed E-state index contributed by atoms with van der Waals surface area (Å²) in [4.78, 5) is 0. The van der Waals surface area contributed by atoms with Gasteiger partial charge in [0.25, 0.3) is 0 Å². The Morgan fingerprint density at radius 1 is 1.06 bits per heavy atom. The van der Waals surface area contributed by atoms with E-state index in [2.05, 4.69) is 39.9 Å². The van der Waals surface area contributed by atoms with Crippen LogP contribution < -0.4 is 5.32 Å². The molecule has 0 bridgehead atoms. The van der Waals surface area contributed by atoms with E-state index in [1.165, 1.54) is 25.8 Å². The van der Waals surface area contributed by atoms with Crippen molar-refractivity contribution in [2.24, 2.45) is 29.6 Å². The van der Waals surface area contributed by atoms with Gasteiger partial charge in [-0.05, 0) is 61.9 Å². The summed E-state index contributed by atoms with van der Waals surface area (Å²) in [5.74, 6) is 4.58. The maximum atomic E-state index is 3.55. The Hall–Kier alpha value is -0.0400. The Labute approximate surface area is 102 Å². The Balaban J connectivity index is 2.53. The molecular formula is C15H31N. The summed E-state index contributed by atoms with van der Waals surface area (Å²) < 4.78 is 0. The van der Waals surface area contributed by atoms with Gasteiger partial charge in [0.1, 0.15) is 0 Å². The molecule has 1 heteroatoms. The first kappa shape index (κ1) is 14.0. The third-order valence-corrected chi connectivity index (χ3v) is 4.54. The van der Waals surface area contributed by atoms with Crippen LogP contribution in [-0.4, -0.2) is 13.1 Å². The van der Waals surface area contributed by atoms with Crippen molar-refractivity contribution in [1.29, 1.82) is 0 Å².